The normalized spacial score (nSPS) is 26.5. The zero-order valence-electron chi connectivity index (χ0n) is 12.1. The van der Waals surface area contributed by atoms with E-state index in [1.165, 1.54) is 19.3 Å². The molecule has 2 fully saturated rings. The van der Waals surface area contributed by atoms with Gasteiger partial charge < -0.3 is 14.6 Å². The van der Waals surface area contributed by atoms with Gasteiger partial charge in [-0.25, -0.2) is 0 Å². The Morgan fingerprint density at radius 3 is 2.80 bits per heavy atom. The number of carbonyl (C=O) groups excluding carboxylic acids is 1. The number of aromatic nitrogens is 3. The van der Waals surface area contributed by atoms with Crippen LogP contribution in [0.2, 0.25) is 0 Å². The first-order chi connectivity index (χ1) is 9.66. The largest absolute Gasteiger partial charge is 0.368 e. The maximum absolute atomic E-state index is 12.1. The van der Waals surface area contributed by atoms with Crippen molar-refractivity contribution in [3.05, 3.63) is 11.6 Å². The minimum absolute atomic E-state index is 0.0387. The van der Waals surface area contributed by atoms with E-state index in [9.17, 15) is 4.79 Å². The van der Waals surface area contributed by atoms with E-state index in [0.717, 1.165) is 18.1 Å². The molecular weight excluding hydrogens is 256 g/mol. The van der Waals surface area contributed by atoms with Crippen molar-refractivity contribution >= 4 is 5.91 Å². The van der Waals surface area contributed by atoms with Crippen LogP contribution >= 0.6 is 0 Å². The molecule has 2 unspecified atom stereocenters. The Bertz CT molecular complexity index is 495. The monoisotopic (exact) mass is 278 g/mol. The summed E-state index contributed by atoms with van der Waals surface area (Å²) in [4.78, 5) is 12.1. The van der Waals surface area contributed by atoms with Gasteiger partial charge in [0.25, 0.3) is 0 Å². The molecule has 1 amide bonds. The molecule has 6 heteroatoms. The highest BCUT2D eigenvalue weighted by Crippen LogP contribution is 2.35. The molecule has 0 spiro atoms. The fourth-order valence-corrected chi connectivity index (χ4v) is 2.85. The maximum atomic E-state index is 12.1. The highest BCUT2D eigenvalue weighted by molar-refractivity contribution is 5.81. The quantitative estimate of drug-likeness (QED) is 0.896. The van der Waals surface area contributed by atoms with Gasteiger partial charge in [-0.15, -0.1) is 10.2 Å². The van der Waals surface area contributed by atoms with E-state index in [0.29, 0.717) is 25.0 Å². The Labute approximate surface area is 118 Å². The van der Waals surface area contributed by atoms with Crippen molar-refractivity contribution in [1.29, 1.82) is 0 Å². The van der Waals surface area contributed by atoms with Gasteiger partial charge in [-0.05, 0) is 25.2 Å². The molecule has 1 N–H and O–H groups in total. The summed E-state index contributed by atoms with van der Waals surface area (Å²) < 4.78 is 7.48. The third kappa shape index (κ3) is 2.44. The predicted molar refractivity (Wildman–Crippen MR) is 73.0 cm³/mol. The Balaban J connectivity index is 1.58. The molecule has 1 aliphatic heterocycles. The summed E-state index contributed by atoms with van der Waals surface area (Å²) in [6, 6.07) is 0. The second kappa shape index (κ2) is 5.52. The zero-order chi connectivity index (χ0) is 14.1. The first-order valence-electron chi connectivity index (χ1n) is 7.44. The van der Waals surface area contributed by atoms with E-state index >= 15 is 0 Å². The number of rotatable bonds is 4. The van der Waals surface area contributed by atoms with Gasteiger partial charge in [-0.3, -0.25) is 4.79 Å². The average molecular weight is 278 g/mol. The van der Waals surface area contributed by atoms with Crippen LogP contribution in [0.15, 0.2) is 0 Å². The van der Waals surface area contributed by atoms with Crippen LogP contribution < -0.4 is 5.32 Å². The Morgan fingerprint density at radius 1 is 1.40 bits per heavy atom. The minimum Gasteiger partial charge on any atom is -0.368 e. The Hall–Kier alpha value is -1.43. The third-order valence-electron chi connectivity index (χ3n) is 4.54. The van der Waals surface area contributed by atoms with Gasteiger partial charge in [-0.1, -0.05) is 13.3 Å². The lowest BCUT2D eigenvalue weighted by atomic mass is 9.85. The van der Waals surface area contributed by atoms with E-state index in [-0.39, 0.29) is 12.0 Å². The van der Waals surface area contributed by atoms with Crippen molar-refractivity contribution in [3.63, 3.8) is 0 Å². The number of ether oxygens (including phenoxy) is 1. The maximum Gasteiger partial charge on any atom is 0.249 e. The average Bonchev–Trinajstić information content (AvgIpc) is 2.93. The second-order valence-corrected chi connectivity index (χ2v) is 5.94. The standard InChI is InChI=1S/C14H22N4O2/c1-9-6-7-20-12(9)14(19)15-8-11-16-17-13(18(11)2)10-4-3-5-10/h9-10,12H,3-8H2,1-2H3,(H,15,19). The number of hydrogen-bond acceptors (Lipinski definition) is 4. The van der Waals surface area contributed by atoms with E-state index < -0.39 is 0 Å². The molecule has 1 saturated heterocycles. The summed E-state index contributed by atoms with van der Waals surface area (Å²) in [5.41, 5.74) is 0. The molecule has 2 aliphatic rings. The number of carbonyl (C=O) groups is 1. The number of hydrogen-bond donors (Lipinski definition) is 1. The van der Waals surface area contributed by atoms with Crippen molar-refractivity contribution in [2.24, 2.45) is 13.0 Å². The molecule has 110 valence electrons. The van der Waals surface area contributed by atoms with Crippen LogP contribution in [0.25, 0.3) is 0 Å². The van der Waals surface area contributed by atoms with Crippen molar-refractivity contribution in [2.75, 3.05) is 6.61 Å². The zero-order valence-corrected chi connectivity index (χ0v) is 12.1. The lowest BCUT2D eigenvalue weighted by molar-refractivity contribution is -0.131. The molecule has 2 atom stereocenters. The Kier molecular flexibility index (Phi) is 3.74. The first kappa shape index (κ1) is 13.5. The topological polar surface area (TPSA) is 69.0 Å². The number of nitrogens with zero attached hydrogens (tertiary/aromatic N) is 3. The van der Waals surface area contributed by atoms with Gasteiger partial charge in [-0.2, -0.15) is 0 Å². The summed E-state index contributed by atoms with van der Waals surface area (Å²) in [7, 11) is 1.98. The lowest BCUT2D eigenvalue weighted by Gasteiger charge is -2.24. The molecule has 1 aromatic rings. The highest BCUT2D eigenvalue weighted by atomic mass is 16.5. The van der Waals surface area contributed by atoms with Crippen LogP contribution in [0.1, 0.15) is 50.2 Å². The van der Waals surface area contributed by atoms with Gasteiger partial charge in [0.1, 0.15) is 11.9 Å². The molecule has 6 nitrogen and oxygen atoms in total. The molecular formula is C14H22N4O2. The highest BCUT2D eigenvalue weighted by Gasteiger charge is 2.31. The van der Waals surface area contributed by atoms with E-state index in [1.54, 1.807) is 0 Å². The number of nitrogens with one attached hydrogen (secondary N) is 1. The molecule has 1 aliphatic carbocycles. The summed E-state index contributed by atoms with van der Waals surface area (Å²) >= 11 is 0. The molecule has 20 heavy (non-hydrogen) atoms. The van der Waals surface area contributed by atoms with Gasteiger partial charge in [0.15, 0.2) is 5.82 Å². The smallest absolute Gasteiger partial charge is 0.249 e. The van der Waals surface area contributed by atoms with Gasteiger partial charge in [0, 0.05) is 19.6 Å². The summed E-state index contributed by atoms with van der Waals surface area (Å²) in [5, 5.41) is 11.4. The predicted octanol–water partition coefficient (Wildman–Crippen LogP) is 1.12. The fraction of sp³-hybridized carbons (Fsp3) is 0.786. The van der Waals surface area contributed by atoms with Crippen LogP contribution in [-0.2, 0) is 23.1 Å². The number of amides is 1. The second-order valence-electron chi connectivity index (χ2n) is 5.94. The van der Waals surface area contributed by atoms with Crippen molar-refractivity contribution in [2.45, 2.75) is 51.2 Å². The van der Waals surface area contributed by atoms with Crippen molar-refractivity contribution in [3.8, 4) is 0 Å². The van der Waals surface area contributed by atoms with Crippen LogP contribution in [-0.4, -0.2) is 33.4 Å². The molecule has 2 heterocycles. The lowest BCUT2D eigenvalue weighted by Crippen LogP contribution is -2.37. The van der Waals surface area contributed by atoms with Crippen LogP contribution in [0.5, 0.6) is 0 Å². The minimum atomic E-state index is -0.311. The van der Waals surface area contributed by atoms with Crippen molar-refractivity contribution in [1.82, 2.24) is 20.1 Å². The van der Waals surface area contributed by atoms with E-state index in [4.69, 9.17) is 4.74 Å². The third-order valence-corrected chi connectivity index (χ3v) is 4.54. The summed E-state index contributed by atoms with van der Waals surface area (Å²) in [6.45, 7) is 3.14. The SMILES string of the molecule is CC1CCOC1C(=O)NCc1nnc(C2CCC2)n1C. The van der Waals surface area contributed by atoms with Gasteiger partial charge >= 0.3 is 0 Å². The molecule has 1 aromatic heterocycles. The van der Waals surface area contributed by atoms with Crippen LogP contribution in [0.3, 0.4) is 0 Å². The van der Waals surface area contributed by atoms with Crippen LogP contribution in [0, 0.1) is 5.92 Å². The molecule has 3 rings (SSSR count). The molecule has 0 radical (unpaired) electrons. The Morgan fingerprint density at radius 2 is 2.20 bits per heavy atom. The summed E-state index contributed by atoms with van der Waals surface area (Å²) in [5.74, 6) is 2.66. The molecule has 1 saturated carbocycles. The molecule has 0 aromatic carbocycles. The van der Waals surface area contributed by atoms with Gasteiger partial charge in [0.2, 0.25) is 5.91 Å². The van der Waals surface area contributed by atoms with E-state index in [1.807, 2.05) is 18.5 Å². The van der Waals surface area contributed by atoms with E-state index in [2.05, 4.69) is 15.5 Å². The van der Waals surface area contributed by atoms with Crippen molar-refractivity contribution < 1.29 is 9.53 Å². The first-order valence-corrected chi connectivity index (χ1v) is 7.44. The molecule has 0 bridgehead atoms. The van der Waals surface area contributed by atoms with Gasteiger partial charge in [0.05, 0.1) is 6.54 Å². The van der Waals surface area contributed by atoms with Crippen LogP contribution in [0.4, 0.5) is 0 Å². The fourth-order valence-electron chi connectivity index (χ4n) is 2.85. The summed E-state index contributed by atoms with van der Waals surface area (Å²) in [6.07, 6.45) is 4.32.